The Hall–Kier alpha value is -1.45. The van der Waals surface area contributed by atoms with Crippen molar-refractivity contribution >= 4 is 35.0 Å². The van der Waals surface area contributed by atoms with E-state index in [0.717, 1.165) is 10.6 Å². The van der Waals surface area contributed by atoms with Crippen LogP contribution in [-0.4, -0.2) is 16.5 Å². The first kappa shape index (κ1) is 14.9. The highest BCUT2D eigenvalue weighted by molar-refractivity contribution is 8.01. The maximum Gasteiger partial charge on any atom is 0.241 e. The van der Waals surface area contributed by atoms with Gasteiger partial charge in [0, 0.05) is 16.5 Å². The molecular formula is C16H16ClNOS. The number of nitrogens with one attached hydrogen (secondary N) is 1. The molecule has 0 saturated carbocycles. The van der Waals surface area contributed by atoms with Crippen LogP contribution >= 0.6 is 23.4 Å². The predicted molar refractivity (Wildman–Crippen MR) is 86.5 cm³/mol. The number of carbonyl (C=O) groups is 1. The normalized spacial score (nSPS) is 13.5. The van der Waals surface area contributed by atoms with Gasteiger partial charge in [-0.1, -0.05) is 36.4 Å². The third-order valence-corrected chi connectivity index (χ3v) is 4.83. The predicted octanol–water partition coefficient (Wildman–Crippen LogP) is 4.41. The van der Waals surface area contributed by atoms with E-state index in [1.807, 2.05) is 67.6 Å². The number of thioether (sulfide) groups is 1. The summed E-state index contributed by atoms with van der Waals surface area (Å²) in [5.41, 5.74) is 0.780. The SMILES string of the molecule is C[C@](CCl)(Sc1ccccc1)C(=O)Nc1ccccc1. The number of rotatable bonds is 5. The Morgan fingerprint density at radius 1 is 1.10 bits per heavy atom. The van der Waals surface area contributed by atoms with Crippen LogP contribution in [-0.2, 0) is 4.79 Å². The first-order valence-electron chi connectivity index (χ1n) is 6.30. The molecule has 20 heavy (non-hydrogen) atoms. The molecule has 0 aliphatic heterocycles. The molecule has 0 bridgehead atoms. The monoisotopic (exact) mass is 305 g/mol. The zero-order valence-corrected chi connectivity index (χ0v) is 12.7. The fraction of sp³-hybridized carbons (Fsp3) is 0.188. The number of hydrogen-bond donors (Lipinski definition) is 1. The molecule has 0 heterocycles. The smallest absolute Gasteiger partial charge is 0.241 e. The topological polar surface area (TPSA) is 29.1 Å². The maximum absolute atomic E-state index is 12.5. The molecule has 0 spiro atoms. The number of amides is 1. The zero-order chi connectivity index (χ0) is 14.4. The van der Waals surface area contributed by atoms with Crippen LogP contribution in [0.5, 0.6) is 0 Å². The molecule has 2 nitrogen and oxygen atoms in total. The van der Waals surface area contributed by atoms with Gasteiger partial charge in [0.1, 0.15) is 4.75 Å². The van der Waals surface area contributed by atoms with E-state index in [4.69, 9.17) is 11.6 Å². The lowest BCUT2D eigenvalue weighted by Gasteiger charge is -2.25. The summed E-state index contributed by atoms with van der Waals surface area (Å²) in [4.78, 5) is 13.5. The van der Waals surface area contributed by atoms with Crippen LogP contribution in [0.4, 0.5) is 5.69 Å². The highest BCUT2D eigenvalue weighted by atomic mass is 35.5. The molecule has 0 radical (unpaired) electrons. The van der Waals surface area contributed by atoms with E-state index in [1.54, 1.807) is 0 Å². The van der Waals surface area contributed by atoms with Crippen molar-refractivity contribution in [1.82, 2.24) is 0 Å². The van der Waals surface area contributed by atoms with Crippen molar-refractivity contribution in [1.29, 1.82) is 0 Å². The molecule has 1 atom stereocenters. The largest absolute Gasteiger partial charge is 0.325 e. The van der Waals surface area contributed by atoms with E-state index in [-0.39, 0.29) is 11.8 Å². The highest BCUT2D eigenvalue weighted by Crippen LogP contribution is 2.34. The van der Waals surface area contributed by atoms with Crippen molar-refractivity contribution < 1.29 is 4.79 Å². The molecule has 0 aliphatic rings. The summed E-state index contributed by atoms with van der Waals surface area (Å²) in [6, 6.07) is 19.2. The van der Waals surface area contributed by atoms with E-state index >= 15 is 0 Å². The van der Waals surface area contributed by atoms with Gasteiger partial charge in [-0.3, -0.25) is 4.79 Å². The highest BCUT2D eigenvalue weighted by Gasteiger charge is 2.33. The fourth-order valence-electron chi connectivity index (χ4n) is 1.67. The Kier molecular flexibility index (Phi) is 5.10. The third-order valence-electron chi connectivity index (χ3n) is 2.85. The molecule has 104 valence electrons. The maximum atomic E-state index is 12.5. The van der Waals surface area contributed by atoms with E-state index in [9.17, 15) is 4.79 Å². The summed E-state index contributed by atoms with van der Waals surface area (Å²) in [6.07, 6.45) is 0. The number of benzene rings is 2. The Morgan fingerprint density at radius 2 is 1.65 bits per heavy atom. The van der Waals surface area contributed by atoms with E-state index < -0.39 is 4.75 Å². The first-order chi connectivity index (χ1) is 9.64. The summed E-state index contributed by atoms with van der Waals surface area (Å²) in [6.45, 7) is 1.86. The van der Waals surface area contributed by atoms with Gasteiger partial charge >= 0.3 is 0 Å². The molecule has 0 fully saturated rings. The van der Waals surface area contributed by atoms with Crippen LogP contribution in [0, 0.1) is 0 Å². The minimum absolute atomic E-state index is 0.0902. The second kappa shape index (κ2) is 6.82. The fourth-order valence-corrected chi connectivity index (χ4v) is 2.96. The van der Waals surface area contributed by atoms with Gasteiger partial charge in [0.15, 0.2) is 0 Å². The number of hydrogen-bond acceptors (Lipinski definition) is 2. The van der Waals surface area contributed by atoms with Gasteiger partial charge in [-0.15, -0.1) is 23.4 Å². The second-order valence-electron chi connectivity index (χ2n) is 4.60. The van der Waals surface area contributed by atoms with Gasteiger partial charge in [-0.25, -0.2) is 0 Å². The van der Waals surface area contributed by atoms with Gasteiger partial charge in [0.05, 0.1) is 0 Å². The molecule has 0 aliphatic carbocycles. The van der Waals surface area contributed by atoms with Crippen molar-refractivity contribution in [3.63, 3.8) is 0 Å². The van der Waals surface area contributed by atoms with Gasteiger partial charge < -0.3 is 5.32 Å². The molecule has 2 rings (SSSR count). The third kappa shape index (κ3) is 3.78. The van der Waals surface area contributed by atoms with E-state index in [1.165, 1.54) is 11.8 Å². The number of carbonyl (C=O) groups excluding carboxylic acids is 1. The van der Waals surface area contributed by atoms with Gasteiger partial charge in [0.25, 0.3) is 0 Å². The first-order valence-corrected chi connectivity index (χ1v) is 7.66. The Bertz CT molecular complexity index is 561. The van der Waals surface area contributed by atoms with Crippen LogP contribution < -0.4 is 5.32 Å². The number of anilines is 1. The van der Waals surface area contributed by atoms with Crippen LogP contribution in [0.3, 0.4) is 0 Å². The number of halogens is 1. The minimum Gasteiger partial charge on any atom is -0.325 e. The molecule has 2 aromatic carbocycles. The average molecular weight is 306 g/mol. The molecule has 2 aromatic rings. The van der Waals surface area contributed by atoms with Crippen molar-refractivity contribution in [3.8, 4) is 0 Å². The Balaban J connectivity index is 2.11. The number of para-hydroxylation sites is 1. The van der Waals surface area contributed by atoms with E-state index in [0.29, 0.717) is 0 Å². The van der Waals surface area contributed by atoms with Crippen LogP contribution in [0.2, 0.25) is 0 Å². The lowest BCUT2D eigenvalue weighted by atomic mass is 10.2. The molecule has 4 heteroatoms. The molecule has 0 unspecified atom stereocenters. The molecular weight excluding hydrogens is 290 g/mol. The van der Waals surface area contributed by atoms with E-state index in [2.05, 4.69) is 5.32 Å². The Labute approximate surface area is 128 Å². The van der Waals surface area contributed by atoms with Crippen molar-refractivity contribution in [2.24, 2.45) is 0 Å². The van der Waals surface area contributed by atoms with Crippen molar-refractivity contribution in [2.75, 3.05) is 11.2 Å². The van der Waals surface area contributed by atoms with Gasteiger partial charge in [-0.2, -0.15) is 0 Å². The molecule has 0 aromatic heterocycles. The average Bonchev–Trinajstić information content (AvgIpc) is 2.49. The minimum atomic E-state index is -0.710. The molecule has 1 amide bonds. The van der Waals surface area contributed by atoms with Gasteiger partial charge in [0.2, 0.25) is 5.91 Å². The summed E-state index contributed by atoms with van der Waals surface area (Å²) in [5, 5.41) is 2.91. The number of alkyl halides is 1. The van der Waals surface area contributed by atoms with Crippen LogP contribution in [0.1, 0.15) is 6.92 Å². The van der Waals surface area contributed by atoms with Crippen molar-refractivity contribution in [3.05, 3.63) is 60.7 Å². The zero-order valence-electron chi connectivity index (χ0n) is 11.2. The quantitative estimate of drug-likeness (QED) is 0.654. The Morgan fingerprint density at radius 3 is 2.20 bits per heavy atom. The summed E-state index contributed by atoms with van der Waals surface area (Å²) < 4.78 is -0.710. The molecule has 0 saturated heterocycles. The van der Waals surface area contributed by atoms with Gasteiger partial charge in [-0.05, 0) is 31.2 Å². The standard InChI is InChI=1S/C16H16ClNOS/c1-16(12-17,20-14-10-6-3-7-11-14)15(19)18-13-8-4-2-5-9-13/h2-11H,12H2,1H3,(H,18,19)/t16-/m1/s1. The lowest BCUT2D eigenvalue weighted by Crippen LogP contribution is -2.38. The van der Waals surface area contributed by atoms with Crippen LogP contribution in [0.15, 0.2) is 65.6 Å². The van der Waals surface area contributed by atoms with Crippen LogP contribution in [0.25, 0.3) is 0 Å². The lowest BCUT2D eigenvalue weighted by molar-refractivity contribution is -0.117. The summed E-state index contributed by atoms with van der Waals surface area (Å²) in [5.74, 6) is 0.151. The second-order valence-corrected chi connectivity index (χ2v) is 6.44. The molecule has 1 N–H and O–H groups in total. The van der Waals surface area contributed by atoms with Crippen molar-refractivity contribution in [2.45, 2.75) is 16.6 Å². The summed E-state index contributed by atoms with van der Waals surface area (Å²) in [7, 11) is 0. The summed E-state index contributed by atoms with van der Waals surface area (Å²) >= 11 is 7.51.